The standard InChI is InChI=1S/C33H52N4O4/c1-4-36-31(30-19-27(22-37-30)24(2)20-35-21-25(3)38)23-40-33-18-26(12-16-32(33)39)11-13-29-15-14-28(41-29)10-8-6-5-7-9-17-34/h12,14-16,18-19,22,24-25,28,31,35-36,38-39H,4-11,13,17,20-21,23,34H2,1-3H3/t24-,25+,28?,31+/m1/s1. The van der Waals surface area contributed by atoms with Gasteiger partial charge in [-0.05, 0) is 63.9 Å². The van der Waals surface area contributed by atoms with Gasteiger partial charge in [-0.25, -0.2) is 0 Å². The summed E-state index contributed by atoms with van der Waals surface area (Å²) in [6.07, 6.45) is 16.8. The summed E-state index contributed by atoms with van der Waals surface area (Å²) in [7, 11) is 0. The van der Waals surface area contributed by atoms with Crippen LogP contribution in [-0.4, -0.2) is 67.5 Å². The fourth-order valence-electron chi connectivity index (χ4n) is 5.05. The summed E-state index contributed by atoms with van der Waals surface area (Å²) in [5, 5.41) is 26.7. The number of aryl methyl sites for hydroxylation is 1. The number of aliphatic hydroxyl groups is 1. The molecule has 2 aliphatic heterocycles. The lowest BCUT2D eigenvalue weighted by Crippen LogP contribution is -2.38. The van der Waals surface area contributed by atoms with Crippen molar-refractivity contribution in [1.82, 2.24) is 10.6 Å². The lowest BCUT2D eigenvalue weighted by molar-refractivity contribution is 0.146. The SMILES string of the molecule is CCN[C@@H](COc1cc(CCC2=C[CH-]C(CCCCCCCN)O2)ccc1O)[C+]1C=C([C@H](C)CNC[C@H](C)O)C=N1. The molecule has 2 heterocycles. The van der Waals surface area contributed by atoms with Crippen molar-refractivity contribution in [2.24, 2.45) is 16.6 Å². The van der Waals surface area contributed by atoms with E-state index in [9.17, 15) is 10.2 Å². The first-order chi connectivity index (χ1) is 19.9. The number of hydrogen-bond donors (Lipinski definition) is 5. The summed E-state index contributed by atoms with van der Waals surface area (Å²) in [5.74, 6) is 1.91. The number of nitrogens with two attached hydrogens (primary N) is 1. The summed E-state index contributed by atoms with van der Waals surface area (Å²) < 4.78 is 12.3. The summed E-state index contributed by atoms with van der Waals surface area (Å²) in [5.41, 5.74) is 7.81. The van der Waals surface area contributed by atoms with Crippen LogP contribution in [0.5, 0.6) is 11.5 Å². The van der Waals surface area contributed by atoms with Crippen LogP contribution < -0.4 is 21.1 Å². The maximum Gasteiger partial charge on any atom is 0.176 e. The Kier molecular flexibility index (Phi) is 14.4. The van der Waals surface area contributed by atoms with Crippen molar-refractivity contribution in [1.29, 1.82) is 0 Å². The Hall–Kier alpha value is -2.65. The number of nitrogens with zero attached hydrogens (tertiary/aromatic N) is 1. The van der Waals surface area contributed by atoms with Gasteiger partial charge in [0.1, 0.15) is 18.2 Å². The van der Waals surface area contributed by atoms with Crippen molar-refractivity contribution in [3.8, 4) is 11.5 Å². The second-order valence-electron chi connectivity index (χ2n) is 11.3. The average Bonchev–Trinajstić information content (AvgIpc) is 3.63. The van der Waals surface area contributed by atoms with Gasteiger partial charge in [-0.15, -0.1) is 4.99 Å². The molecule has 1 aromatic rings. The molecule has 0 aromatic heterocycles. The fourth-order valence-corrected chi connectivity index (χ4v) is 5.05. The maximum atomic E-state index is 10.5. The van der Waals surface area contributed by atoms with Crippen molar-refractivity contribution >= 4 is 6.21 Å². The minimum absolute atomic E-state index is 0.0976. The highest BCUT2D eigenvalue weighted by Gasteiger charge is 2.32. The van der Waals surface area contributed by atoms with Gasteiger partial charge in [0.2, 0.25) is 0 Å². The third kappa shape index (κ3) is 11.6. The Labute approximate surface area is 247 Å². The zero-order chi connectivity index (χ0) is 29.5. The average molecular weight is 569 g/mol. The monoisotopic (exact) mass is 568 g/mol. The number of aliphatic hydroxyl groups excluding tert-OH is 1. The van der Waals surface area contributed by atoms with E-state index in [0.29, 0.717) is 18.9 Å². The molecule has 0 fully saturated rings. The van der Waals surface area contributed by atoms with E-state index in [1.165, 1.54) is 25.7 Å². The van der Waals surface area contributed by atoms with Crippen molar-refractivity contribution in [2.45, 2.75) is 90.4 Å². The lowest BCUT2D eigenvalue weighted by Gasteiger charge is -2.21. The molecule has 0 radical (unpaired) electrons. The van der Waals surface area contributed by atoms with E-state index in [4.69, 9.17) is 15.2 Å². The van der Waals surface area contributed by atoms with Crippen LogP contribution in [0.25, 0.3) is 0 Å². The largest absolute Gasteiger partial charge is 0.592 e. The molecule has 0 bridgehead atoms. The van der Waals surface area contributed by atoms with Crippen LogP contribution >= 0.6 is 0 Å². The predicted octanol–water partition coefficient (Wildman–Crippen LogP) is 4.62. The molecule has 0 saturated heterocycles. The summed E-state index contributed by atoms with van der Waals surface area (Å²) in [4.78, 5) is 4.66. The molecule has 0 aliphatic carbocycles. The van der Waals surface area contributed by atoms with E-state index in [-0.39, 0.29) is 29.9 Å². The molecule has 4 atom stereocenters. The number of aliphatic imine (C=N–C) groups is 1. The molecule has 2 aliphatic rings. The van der Waals surface area contributed by atoms with Gasteiger partial charge in [-0.2, -0.15) is 12.5 Å². The van der Waals surface area contributed by atoms with Crippen molar-refractivity contribution in [3.05, 3.63) is 59.7 Å². The number of nitrogens with one attached hydrogen (secondary N) is 2. The maximum absolute atomic E-state index is 10.5. The van der Waals surface area contributed by atoms with Gasteiger partial charge >= 0.3 is 0 Å². The molecule has 41 heavy (non-hydrogen) atoms. The van der Waals surface area contributed by atoms with Gasteiger partial charge in [-0.3, -0.25) is 5.32 Å². The highest BCUT2D eigenvalue weighted by Crippen LogP contribution is 2.31. The summed E-state index contributed by atoms with van der Waals surface area (Å²) in [6.45, 7) is 9.24. The Morgan fingerprint density at radius 3 is 2.73 bits per heavy atom. The number of phenolic OH excluding ortho intramolecular Hbond substituents is 1. The smallest absolute Gasteiger partial charge is 0.176 e. The highest BCUT2D eigenvalue weighted by molar-refractivity contribution is 5.84. The van der Waals surface area contributed by atoms with E-state index in [1.54, 1.807) is 13.0 Å². The number of benzene rings is 1. The van der Waals surface area contributed by atoms with Crippen molar-refractivity contribution < 1.29 is 19.7 Å². The number of phenols is 1. The molecule has 0 amide bonds. The van der Waals surface area contributed by atoms with Gasteiger partial charge < -0.3 is 30.7 Å². The molecule has 6 N–H and O–H groups in total. The molecular weight excluding hydrogens is 516 g/mol. The Morgan fingerprint density at radius 1 is 1.15 bits per heavy atom. The molecule has 228 valence electrons. The molecule has 0 saturated carbocycles. The van der Waals surface area contributed by atoms with Gasteiger partial charge in [-0.1, -0.05) is 50.9 Å². The van der Waals surface area contributed by atoms with E-state index in [0.717, 1.165) is 68.3 Å². The van der Waals surface area contributed by atoms with Gasteiger partial charge in [0, 0.05) is 19.2 Å². The van der Waals surface area contributed by atoms with Crippen molar-refractivity contribution in [2.75, 3.05) is 32.8 Å². The molecule has 8 nitrogen and oxygen atoms in total. The van der Waals surface area contributed by atoms with Crippen LogP contribution in [0, 0.1) is 18.4 Å². The normalized spacial score (nSPS) is 18.5. The number of aromatic hydroxyl groups is 1. The number of allylic oxidation sites excluding steroid dienone is 1. The highest BCUT2D eigenvalue weighted by atomic mass is 16.5. The van der Waals surface area contributed by atoms with Crippen LogP contribution in [-0.2, 0) is 11.2 Å². The number of unbranched alkanes of at least 4 members (excludes halogenated alkanes) is 4. The van der Waals surface area contributed by atoms with Crippen LogP contribution in [0.15, 0.2) is 46.7 Å². The molecular formula is C33H52N4O4. The minimum Gasteiger partial charge on any atom is -0.592 e. The third-order valence-corrected chi connectivity index (χ3v) is 7.53. The van der Waals surface area contributed by atoms with E-state index in [1.807, 2.05) is 18.3 Å². The number of hydrogen-bond acceptors (Lipinski definition) is 8. The van der Waals surface area contributed by atoms with Crippen LogP contribution in [0.1, 0.15) is 71.3 Å². The van der Waals surface area contributed by atoms with Crippen LogP contribution in [0.2, 0.25) is 0 Å². The van der Waals surface area contributed by atoms with Gasteiger partial charge in [0.05, 0.1) is 18.1 Å². The van der Waals surface area contributed by atoms with Crippen molar-refractivity contribution in [3.63, 3.8) is 0 Å². The summed E-state index contributed by atoms with van der Waals surface area (Å²) >= 11 is 0. The first-order valence-corrected chi connectivity index (χ1v) is 15.5. The van der Waals surface area contributed by atoms with Gasteiger partial charge in [0.15, 0.2) is 23.8 Å². The second kappa shape index (κ2) is 18.0. The predicted molar refractivity (Wildman–Crippen MR) is 167 cm³/mol. The van der Waals surface area contributed by atoms with Gasteiger partial charge in [0.25, 0.3) is 0 Å². The second-order valence-corrected chi connectivity index (χ2v) is 11.3. The number of ether oxygens (including phenoxy) is 2. The molecule has 3 rings (SSSR count). The molecule has 1 unspecified atom stereocenters. The number of likely N-dealkylation sites (N-methyl/N-ethyl adjacent to an activating group) is 1. The van der Waals surface area contributed by atoms with Crippen LogP contribution in [0.4, 0.5) is 0 Å². The zero-order valence-corrected chi connectivity index (χ0v) is 25.3. The Balaban J connectivity index is 1.45. The topological polar surface area (TPSA) is 121 Å². The Morgan fingerprint density at radius 2 is 1.95 bits per heavy atom. The zero-order valence-electron chi connectivity index (χ0n) is 25.3. The lowest BCUT2D eigenvalue weighted by atomic mass is 10.00. The first kappa shape index (κ1) is 32.9. The number of rotatable bonds is 21. The Bertz CT molecular complexity index is 993. The van der Waals surface area contributed by atoms with Crippen LogP contribution in [0.3, 0.4) is 0 Å². The molecule has 0 spiro atoms. The minimum atomic E-state index is -0.364. The van der Waals surface area contributed by atoms with E-state index in [2.05, 4.69) is 48.0 Å². The van der Waals surface area contributed by atoms with E-state index >= 15 is 0 Å². The van der Waals surface area contributed by atoms with E-state index < -0.39 is 0 Å². The quantitative estimate of drug-likeness (QED) is 0.108. The third-order valence-electron chi connectivity index (χ3n) is 7.53. The summed E-state index contributed by atoms with van der Waals surface area (Å²) in [6, 6.07) is 6.40. The molecule has 1 aromatic carbocycles. The first-order valence-electron chi connectivity index (χ1n) is 15.5. The fraction of sp³-hybridized carbons (Fsp3) is 0.606. The molecule has 8 heteroatoms.